The van der Waals surface area contributed by atoms with Crippen molar-refractivity contribution in [1.82, 2.24) is 0 Å². The van der Waals surface area contributed by atoms with E-state index in [1.807, 2.05) is 19.9 Å². The molecular weight excluding hydrogens is 180 g/mol. The molecule has 1 aliphatic heterocycles. The van der Waals surface area contributed by atoms with Crippen LogP contribution in [0.1, 0.15) is 26.0 Å². The first-order chi connectivity index (χ1) is 6.57. The van der Waals surface area contributed by atoms with Crippen LogP contribution in [0.15, 0.2) is 28.4 Å². The van der Waals surface area contributed by atoms with Gasteiger partial charge in [0.2, 0.25) is 0 Å². The Morgan fingerprint density at radius 2 is 2.29 bits per heavy atom. The summed E-state index contributed by atoms with van der Waals surface area (Å²) in [4.78, 5) is 11.4. The molecule has 3 nitrogen and oxygen atoms in total. The number of hydrogen-bond acceptors (Lipinski definition) is 3. The van der Waals surface area contributed by atoms with Crippen LogP contribution in [0, 0.1) is 0 Å². The normalized spacial score (nSPS) is 22.7. The summed E-state index contributed by atoms with van der Waals surface area (Å²) in [6.45, 7) is 3.79. The topological polar surface area (TPSA) is 39.4 Å². The van der Waals surface area contributed by atoms with Crippen LogP contribution in [-0.2, 0) is 9.53 Å². The van der Waals surface area contributed by atoms with Gasteiger partial charge in [0.25, 0.3) is 0 Å². The Balaban J connectivity index is 2.25. The Kier molecular flexibility index (Phi) is 1.95. The molecule has 14 heavy (non-hydrogen) atoms. The number of cyclic esters (lactones) is 1. The zero-order chi connectivity index (χ0) is 10.2. The zero-order valence-electron chi connectivity index (χ0n) is 8.24. The monoisotopic (exact) mass is 192 g/mol. The highest BCUT2D eigenvalue weighted by Crippen LogP contribution is 2.30. The van der Waals surface area contributed by atoms with Gasteiger partial charge in [-0.2, -0.15) is 0 Å². The van der Waals surface area contributed by atoms with Crippen LogP contribution in [0.25, 0.3) is 6.08 Å². The van der Waals surface area contributed by atoms with E-state index in [4.69, 9.17) is 9.15 Å². The van der Waals surface area contributed by atoms with Gasteiger partial charge in [-0.05, 0) is 32.1 Å². The van der Waals surface area contributed by atoms with Crippen LogP contribution in [0.3, 0.4) is 0 Å². The average molecular weight is 192 g/mol. The van der Waals surface area contributed by atoms with Gasteiger partial charge in [0.1, 0.15) is 11.4 Å². The summed E-state index contributed by atoms with van der Waals surface area (Å²) in [6, 6.07) is 3.60. The molecule has 3 heteroatoms. The van der Waals surface area contributed by atoms with E-state index in [9.17, 15) is 4.79 Å². The van der Waals surface area contributed by atoms with Crippen molar-refractivity contribution in [3.8, 4) is 0 Å². The van der Waals surface area contributed by atoms with E-state index >= 15 is 0 Å². The SMILES string of the molecule is CC1(C)CC(=Cc2ccco2)C(=O)O1. The second-order valence-electron chi connectivity index (χ2n) is 4.01. The Hall–Kier alpha value is -1.51. The quantitative estimate of drug-likeness (QED) is 0.506. The first-order valence-corrected chi connectivity index (χ1v) is 4.54. The summed E-state index contributed by atoms with van der Waals surface area (Å²) in [5.74, 6) is 0.445. The first-order valence-electron chi connectivity index (χ1n) is 4.54. The molecule has 0 N–H and O–H groups in total. The van der Waals surface area contributed by atoms with E-state index in [-0.39, 0.29) is 11.6 Å². The third-order valence-electron chi connectivity index (χ3n) is 2.11. The van der Waals surface area contributed by atoms with Crippen molar-refractivity contribution in [2.45, 2.75) is 25.9 Å². The molecule has 2 heterocycles. The van der Waals surface area contributed by atoms with Gasteiger partial charge in [-0.3, -0.25) is 0 Å². The number of hydrogen-bond donors (Lipinski definition) is 0. The van der Waals surface area contributed by atoms with Gasteiger partial charge >= 0.3 is 5.97 Å². The van der Waals surface area contributed by atoms with Crippen LogP contribution in [0.4, 0.5) is 0 Å². The molecule has 74 valence electrons. The summed E-state index contributed by atoms with van der Waals surface area (Å²) < 4.78 is 10.3. The molecule has 0 spiro atoms. The van der Waals surface area contributed by atoms with Gasteiger partial charge in [-0.25, -0.2) is 4.79 Å². The second kappa shape index (κ2) is 3.01. The fourth-order valence-corrected chi connectivity index (χ4v) is 1.54. The molecule has 2 rings (SSSR count). The fourth-order valence-electron chi connectivity index (χ4n) is 1.54. The molecule has 0 bridgehead atoms. The minimum Gasteiger partial charge on any atom is -0.465 e. The lowest BCUT2D eigenvalue weighted by atomic mass is 10.0. The Labute approximate surface area is 82.4 Å². The molecule has 0 aromatic carbocycles. The van der Waals surface area contributed by atoms with Crippen LogP contribution >= 0.6 is 0 Å². The van der Waals surface area contributed by atoms with E-state index in [1.54, 1.807) is 18.4 Å². The average Bonchev–Trinajstić information content (AvgIpc) is 2.61. The molecule has 0 unspecified atom stereocenters. The highest BCUT2D eigenvalue weighted by atomic mass is 16.6. The Bertz CT molecular complexity index is 371. The third-order valence-corrected chi connectivity index (χ3v) is 2.11. The number of esters is 1. The van der Waals surface area contributed by atoms with Gasteiger partial charge in [-0.15, -0.1) is 0 Å². The second-order valence-corrected chi connectivity index (χ2v) is 4.01. The standard InChI is InChI=1S/C11H12O3/c1-11(2)7-8(10(12)14-11)6-9-4-3-5-13-9/h3-6H,7H2,1-2H3. The lowest BCUT2D eigenvalue weighted by Gasteiger charge is -2.13. The van der Waals surface area contributed by atoms with Crippen LogP contribution in [-0.4, -0.2) is 11.6 Å². The Morgan fingerprint density at radius 3 is 2.79 bits per heavy atom. The predicted molar refractivity (Wildman–Crippen MR) is 51.5 cm³/mol. The molecule has 1 aromatic rings. The molecule has 1 aromatic heterocycles. The van der Waals surface area contributed by atoms with Crippen LogP contribution in [0.2, 0.25) is 0 Å². The molecular formula is C11H12O3. The van der Waals surface area contributed by atoms with E-state index in [2.05, 4.69) is 0 Å². The van der Waals surface area contributed by atoms with Crippen molar-refractivity contribution in [2.24, 2.45) is 0 Å². The summed E-state index contributed by atoms with van der Waals surface area (Å²) in [7, 11) is 0. The summed E-state index contributed by atoms with van der Waals surface area (Å²) in [6.07, 6.45) is 3.95. The van der Waals surface area contributed by atoms with Gasteiger partial charge in [0, 0.05) is 12.0 Å². The van der Waals surface area contributed by atoms with Crippen molar-refractivity contribution in [2.75, 3.05) is 0 Å². The van der Waals surface area contributed by atoms with Crippen LogP contribution < -0.4 is 0 Å². The maximum absolute atomic E-state index is 11.4. The van der Waals surface area contributed by atoms with Gasteiger partial charge < -0.3 is 9.15 Å². The minimum atomic E-state index is -0.379. The highest BCUT2D eigenvalue weighted by Gasteiger charge is 2.35. The molecule has 0 aliphatic carbocycles. The number of carbonyl (C=O) groups excluding carboxylic acids is 1. The number of furan rings is 1. The predicted octanol–water partition coefficient (Wildman–Crippen LogP) is 2.39. The summed E-state index contributed by atoms with van der Waals surface area (Å²) in [5, 5.41) is 0. The van der Waals surface area contributed by atoms with Gasteiger partial charge in [0.15, 0.2) is 0 Å². The number of ether oxygens (including phenoxy) is 1. The fraction of sp³-hybridized carbons (Fsp3) is 0.364. The van der Waals surface area contributed by atoms with Crippen molar-refractivity contribution in [3.63, 3.8) is 0 Å². The molecule has 1 aliphatic rings. The number of carbonyl (C=O) groups is 1. The molecule has 1 saturated heterocycles. The number of rotatable bonds is 1. The smallest absolute Gasteiger partial charge is 0.334 e. The molecule has 1 fully saturated rings. The van der Waals surface area contributed by atoms with Gasteiger partial charge in [-0.1, -0.05) is 0 Å². The van der Waals surface area contributed by atoms with Crippen molar-refractivity contribution in [3.05, 3.63) is 29.7 Å². The maximum Gasteiger partial charge on any atom is 0.334 e. The van der Waals surface area contributed by atoms with Crippen molar-refractivity contribution >= 4 is 12.0 Å². The van der Waals surface area contributed by atoms with Gasteiger partial charge in [0.05, 0.1) is 6.26 Å². The summed E-state index contributed by atoms with van der Waals surface area (Å²) in [5.41, 5.74) is 0.292. The molecule has 0 saturated carbocycles. The summed E-state index contributed by atoms with van der Waals surface area (Å²) >= 11 is 0. The van der Waals surface area contributed by atoms with Crippen molar-refractivity contribution < 1.29 is 13.9 Å². The highest BCUT2D eigenvalue weighted by molar-refractivity contribution is 5.95. The third kappa shape index (κ3) is 1.71. The molecule has 0 radical (unpaired) electrons. The maximum atomic E-state index is 11.4. The van der Waals surface area contributed by atoms with Crippen molar-refractivity contribution in [1.29, 1.82) is 0 Å². The lowest BCUT2D eigenvalue weighted by molar-refractivity contribution is -0.143. The first kappa shape index (κ1) is 9.06. The zero-order valence-corrected chi connectivity index (χ0v) is 8.24. The molecule has 0 amide bonds. The largest absolute Gasteiger partial charge is 0.465 e. The Morgan fingerprint density at radius 1 is 1.50 bits per heavy atom. The van der Waals surface area contributed by atoms with Crippen LogP contribution in [0.5, 0.6) is 0 Å². The lowest BCUT2D eigenvalue weighted by Crippen LogP contribution is -2.17. The van der Waals surface area contributed by atoms with E-state index in [0.717, 1.165) is 0 Å². The van der Waals surface area contributed by atoms with E-state index < -0.39 is 0 Å². The van der Waals surface area contributed by atoms with E-state index in [0.29, 0.717) is 17.8 Å². The van der Waals surface area contributed by atoms with E-state index in [1.165, 1.54) is 0 Å². The minimum absolute atomic E-state index is 0.244. The molecule has 0 atom stereocenters.